The lowest BCUT2D eigenvalue weighted by Crippen LogP contribution is -2.39. The number of hydrogen-bond acceptors (Lipinski definition) is 7. The highest BCUT2D eigenvalue weighted by molar-refractivity contribution is 6.07. The van der Waals surface area contributed by atoms with E-state index in [1.54, 1.807) is 31.3 Å². The average molecular weight is 553 g/mol. The normalized spacial score (nSPS) is 19.9. The molecule has 6 rings (SSSR count). The number of nitrogens with one attached hydrogen (secondary N) is 1. The molecule has 1 saturated carbocycles. The van der Waals surface area contributed by atoms with Crippen molar-refractivity contribution >= 4 is 29.0 Å². The van der Waals surface area contributed by atoms with Crippen molar-refractivity contribution in [3.8, 4) is 11.5 Å². The van der Waals surface area contributed by atoms with Crippen molar-refractivity contribution in [2.24, 2.45) is 5.92 Å². The number of ketones is 1. The van der Waals surface area contributed by atoms with Crippen LogP contribution < -0.4 is 19.7 Å². The number of fused-ring (bicyclic) bond motifs is 1. The molecule has 210 valence electrons. The number of esters is 1. The van der Waals surface area contributed by atoms with E-state index in [0.29, 0.717) is 29.1 Å². The second-order valence-electron chi connectivity index (χ2n) is 10.7. The predicted octanol–water partition coefficient (Wildman–Crippen LogP) is 5.80. The monoisotopic (exact) mass is 552 g/mol. The van der Waals surface area contributed by atoms with Crippen LogP contribution in [0.25, 0.3) is 0 Å². The van der Waals surface area contributed by atoms with E-state index in [-0.39, 0.29) is 29.9 Å². The van der Waals surface area contributed by atoms with Gasteiger partial charge >= 0.3 is 5.97 Å². The number of Topliss-reactive ketones (excluding diaryl/α,β-unsaturated/α-hetero) is 1. The summed E-state index contributed by atoms with van der Waals surface area (Å²) in [4.78, 5) is 42.1. The van der Waals surface area contributed by atoms with Crippen molar-refractivity contribution in [1.29, 1.82) is 0 Å². The second kappa shape index (κ2) is 10.8. The molecule has 1 heterocycles. The Morgan fingerprint density at radius 2 is 1.56 bits per heavy atom. The summed E-state index contributed by atoms with van der Waals surface area (Å²) < 4.78 is 15.8. The Morgan fingerprint density at radius 3 is 2.24 bits per heavy atom. The lowest BCUT2D eigenvalue weighted by Gasteiger charge is -2.35. The van der Waals surface area contributed by atoms with Crippen LogP contribution in [0.4, 0.5) is 11.4 Å². The maximum atomic E-state index is 14.2. The van der Waals surface area contributed by atoms with E-state index >= 15 is 0 Å². The molecule has 3 aliphatic rings. The van der Waals surface area contributed by atoms with Gasteiger partial charge in [0.05, 0.1) is 44.3 Å². The molecule has 1 fully saturated rings. The number of amides is 1. The van der Waals surface area contributed by atoms with Gasteiger partial charge in [-0.1, -0.05) is 30.3 Å². The summed E-state index contributed by atoms with van der Waals surface area (Å²) in [5, 5.41) is 3.56. The Bertz CT molecular complexity index is 1560. The second-order valence-corrected chi connectivity index (χ2v) is 10.7. The zero-order valence-electron chi connectivity index (χ0n) is 23.3. The molecule has 3 aromatic rings. The maximum Gasteiger partial charge on any atom is 0.337 e. The van der Waals surface area contributed by atoms with Crippen LogP contribution in [0.5, 0.6) is 11.5 Å². The number of para-hydroxylation sites is 2. The fourth-order valence-electron chi connectivity index (χ4n) is 5.94. The molecule has 41 heavy (non-hydrogen) atoms. The van der Waals surface area contributed by atoms with Crippen molar-refractivity contribution in [1.82, 2.24) is 0 Å². The van der Waals surface area contributed by atoms with Gasteiger partial charge in [0.1, 0.15) is 0 Å². The van der Waals surface area contributed by atoms with Crippen LogP contribution in [0.15, 0.2) is 78.0 Å². The number of anilines is 2. The van der Waals surface area contributed by atoms with Crippen LogP contribution >= 0.6 is 0 Å². The Balaban J connectivity index is 1.49. The quantitative estimate of drug-likeness (QED) is 0.386. The Hall–Kier alpha value is -4.59. The number of carbonyl (C=O) groups is 3. The summed E-state index contributed by atoms with van der Waals surface area (Å²) in [5.41, 5.74) is 5.03. The van der Waals surface area contributed by atoms with Crippen LogP contribution in [-0.4, -0.2) is 39.0 Å². The minimum absolute atomic E-state index is 0.00450. The molecule has 1 N–H and O–H groups in total. The van der Waals surface area contributed by atoms with Crippen LogP contribution in [0.3, 0.4) is 0 Å². The molecular formula is C33H32N2O6. The van der Waals surface area contributed by atoms with Gasteiger partial charge in [-0.25, -0.2) is 4.79 Å². The molecule has 0 unspecified atom stereocenters. The van der Waals surface area contributed by atoms with E-state index < -0.39 is 12.0 Å². The number of carbonyl (C=O) groups excluding carboxylic acids is 3. The standard InChI is InChI=1S/C33H32N2O6/c1-39-28-15-14-22(18-29(28)40-2)23-16-25-30(27(36)17-23)31(19-8-12-21(13-9-19)33(38)41-3)35(32(37)20-10-11-20)26-7-5-4-6-24(26)34-25/h4-9,12-15,18,20,23,31,34H,10-11,16-17H2,1-3H3/t23-,31-/m1/s1. The number of nitrogens with zero attached hydrogens (tertiary/aromatic N) is 1. The fraction of sp³-hybridized carbons (Fsp3) is 0.303. The minimum atomic E-state index is -0.639. The van der Waals surface area contributed by atoms with E-state index in [1.165, 1.54) is 7.11 Å². The Morgan fingerprint density at radius 1 is 0.854 bits per heavy atom. The Kier molecular flexibility index (Phi) is 6.99. The number of rotatable bonds is 6. The van der Waals surface area contributed by atoms with E-state index in [1.807, 2.05) is 54.6 Å². The molecule has 1 amide bonds. The van der Waals surface area contributed by atoms with Crippen LogP contribution in [-0.2, 0) is 14.3 Å². The van der Waals surface area contributed by atoms with Crippen molar-refractivity contribution in [2.75, 3.05) is 31.5 Å². The highest BCUT2D eigenvalue weighted by atomic mass is 16.5. The molecule has 2 aliphatic carbocycles. The fourth-order valence-corrected chi connectivity index (χ4v) is 5.94. The molecule has 3 aromatic carbocycles. The van der Waals surface area contributed by atoms with Crippen molar-refractivity contribution < 1.29 is 28.6 Å². The summed E-state index contributed by atoms with van der Waals surface area (Å²) in [6.45, 7) is 0. The third-order valence-electron chi connectivity index (χ3n) is 8.18. The number of ether oxygens (including phenoxy) is 3. The van der Waals surface area contributed by atoms with Gasteiger partial charge in [0.2, 0.25) is 5.91 Å². The van der Waals surface area contributed by atoms with E-state index in [9.17, 15) is 14.4 Å². The van der Waals surface area contributed by atoms with Crippen molar-refractivity contribution in [3.63, 3.8) is 0 Å². The summed E-state index contributed by atoms with van der Waals surface area (Å²) >= 11 is 0. The van der Waals surface area contributed by atoms with Gasteiger partial charge in [-0.3, -0.25) is 14.5 Å². The smallest absolute Gasteiger partial charge is 0.337 e. The van der Waals surface area contributed by atoms with Crippen LogP contribution in [0.1, 0.15) is 59.1 Å². The predicted molar refractivity (Wildman–Crippen MR) is 154 cm³/mol. The molecule has 0 bridgehead atoms. The van der Waals surface area contributed by atoms with Crippen LogP contribution in [0.2, 0.25) is 0 Å². The Labute approximate surface area is 238 Å². The maximum absolute atomic E-state index is 14.2. The lowest BCUT2D eigenvalue weighted by molar-refractivity contribution is -0.120. The van der Waals surface area contributed by atoms with Gasteiger partial charge in [0.15, 0.2) is 17.3 Å². The first-order valence-corrected chi connectivity index (χ1v) is 13.8. The van der Waals surface area contributed by atoms with Gasteiger partial charge in [-0.05, 0) is 72.7 Å². The lowest BCUT2D eigenvalue weighted by atomic mass is 9.78. The van der Waals surface area contributed by atoms with Gasteiger partial charge in [-0.2, -0.15) is 0 Å². The first-order chi connectivity index (χ1) is 19.9. The first kappa shape index (κ1) is 26.6. The van der Waals surface area contributed by atoms with E-state index in [4.69, 9.17) is 14.2 Å². The van der Waals surface area contributed by atoms with Gasteiger partial charge in [-0.15, -0.1) is 0 Å². The zero-order chi connectivity index (χ0) is 28.7. The summed E-state index contributed by atoms with van der Waals surface area (Å²) in [7, 11) is 4.53. The highest BCUT2D eigenvalue weighted by Crippen LogP contribution is 2.49. The highest BCUT2D eigenvalue weighted by Gasteiger charge is 2.45. The number of methoxy groups -OCH3 is 3. The molecule has 0 spiro atoms. The van der Waals surface area contributed by atoms with E-state index in [2.05, 4.69) is 5.32 Å². The average Bonchev–Trinajstić information content (AvgIpc) is 3.86. The van der Waals surface area contributed by atoms with Crippen LogP contribution in [0, 0.1) is 5.92 Å². The molecule has 0 saturated heterocycles. The third kappa shape index (κ3) is 4.84. The van der Waals surface area contributed by atoms with Crippen molar-refractivity contribution in [3.05, 3.63) is 94.7 Å². The summed E-state index contributed by atoms with van der Waals surface area (Å²) in [6.07, 6.45) is 2.53. The molecular weight excluding hydrogens is 520 g/mol. The molecule has 1 aliphatic heterocycles. The summed E-state index contributed by atoms with van der Waals surface area (Å²) in [5.74, 6) is 0.619. The first-order valence-electron chi connectivity index (χ1n) is 13.8. The molecule has 8 heteroatoms. The molecule has 8 nitrogen and oxygen atoms in total. The minimum Gasteiger partial charge on any atom is -0.493 e. The number of hydrogen-bond donors (Lipinski definition) is 1. The molecule has 2 atom stereocenters. The van der Waals surface area contributed by atoms with Gasteiger partial charge < -0.3 is 19.5 Å². The largest absolute Gasteiger partial charge is 0.493 e. The van der Waals surface area contributed by atoms with Gasteiger partial charge in [0, 0.05) is 23.6 Å². The topological polar surface area (TPSA) is 94.2 Å². The zero-order valence-corrected chi connectivity index (χ0v) is 23.3. The number of benzene rings is 3. The molecule has 0 radical (unpaired) electrons. The van der Waals surface area contributed by atoms with Gasteiger partial charge in [0.25, 0.3) is 0 Å². The SMILES string of the molecule is COC(=O)c1ccc([C@@H]2C3=C(C[C@@H](c4ccc(OC)c(OC)c4)CC3=O)Nc3ccccc3N2C(=O)C2CC2)cc1. The summed E-state index contributed by atoms with van der Waals surface area (Å²) in [6, 6.07) is 19.8. The molecule has 0 aromatic heterocycles. The van der Waals surface area contributed by atoms with E-state index in [0.717, 1.165) is 41.0 Å². The third-order valence-corrected chi connectivity index (χ3v) is 8.18. The number of allylic oxidation sites excluding steroid dienone is 1. The van der Waals surface area contributed by atoms with Crippen molar-refractivity contribution in [2.45, 2.75) is 37.6 Å².